The molecule has 5 heteroatoms. The molecule has 3 N–H and O–H groups in total. The topological polar surface area (TPSA) is 87.0 Å². The fourth-order valence-electron chi connectivity index (χ4n) is 4.29. The Bertz CT molecular complexity index is 704. The van der Waals surface area contributed by atoms with E-state index in [2.05, 4.69) is 6.92 Å². The van der Waals surface area contributed by atoms with Crippen LogP contribution in [0.3, 0.4) is 0 Å². The number of phenolic OH excluding ortho intramolecular Hbond substituents is 3. The van der Waals surface area contributed by atoms with Crippen molar-refractivity contribution in [2.45, 2.75) is 102 Å². The third kappa shape index (κ3) is 6.03. The van der Waals surface area contributed by atoms with Crippen LogP contribution in [0.25, 0.3) is 0 Å². The van der Waals surface area contributed by atoms with Gasteiger partial charge >= 0.3 is 0 Å². The molecule has 0 radical (unpaired) electrons. The molecule has 0 saturated heterocycles. The van der Waals surface area contributed by atoms with Crippen LogP contribution < -0.4 is 0 Å². The van der Waals surface area contributed by atoms with E-state index in [-0.39, 0.29) is 22.8 Å². The second-order valence-corrected chi connectivity index (χ2v) is 9.56. The number of unbranched alkanes of at least 4 members (excludes halogenated alkanes) is 4. The zero-order valence-corrected chi connectivity index (χ0v) is 17.7. The van der Waals surface area contributed by atoms with Crippen LogP contribution in [0.15, 0.2) is 6.07 Å². The molecule has 2 aliphatic carbocycles. The summed E-state index contributed by atoms with van der Waals surface area (Å²) < 4.78 is 5.15. The minimum Gasteiger partial charge on any atom is -0.507 e. The summed E-state index contributed by atoms with van der Waals surface area (Å²) in [5.41, 5.74) is 1.50. The van der Waals surface area contributed by atoms with Crippen molar-refractivity contribution in [2.75, 3.05) is 0 Å². The minimum atomic E-state index is -0.271. The van der Waals surface area contributed by atoms with Crippen molar-refractivity contribution in [1.29, 1.82) is 0 Å². The maximum absolute atomic E-state index is 10.6. The summed E-state index contributed by atoms with van der Waals surface area (Å²) in [6.45, 7) is 2.89. The Hall–Kier alpha value is -1.91. The summed E-state index contributed by atoms with van der Waals surface area (Å²) in [7, 11) is 0. The average molecular weight is 405 g/mol. The summed E-state index contributed by atoms with van der Waals surface area (Å²) in [6, 6.07) is 1.50. The Kier molecular flexibility index (Phi) is 6.97. The van der Waals surface area contributed by atoms with Crippen LogP contribution in [-0.2, 0) is 22.4 Å². The first kappa shape index (κ1) is 21.8. The first-order valence-electron chi connectivity index (χ1n) is 11.3. The lowest BCUT2D eigenvalue weighted by Crippen LogP contribution is -2.12. The molecule has 5 nitrogen and oxygen atoms in total. The van der Waals surface area contributed by atoms with Crippen molar-refractivity contribution in [3.8, 4) is 17.2 Å². The quantitative estimate of drug-likeness (QED) is 0.165. The van der Waals surface area contributed by atoms with Crippen molar-refractivity contribution in [1.82, 2.24) is 0 Å². The summed E-state index contributed by atoms with van der Waals surface area (Å²) >= 11 is 0. The third-order valence-corrected chi connectivity index (χ3v) is 6.92. The summed E-state index contributed by atoms with van der Waals surface area (Å²) in [5, 5.41) is 30.9. The lowest BCUT2D eigenvalue weighted by molar-refractivity contribution is -0.135. The molecule has 3 rings (SSSR count). The highest BCUT2D eigenvalue weighted by molar-refractivity contribution is 5.56. The average Bonchev–Trinajstić information content (AvgIpc) is 3.61. The van der Waals surface area contributed by atoms with Gasteiger partial charge in [-0.15, -0.1) is 0 Å². The van der Waals surface area contributed by atoms with Gasteiger partial charge in [0.25, 0.3) is 6.47 Å². The van der Waals surface area contributed by atoms with Crippen LogP contribution >= 0.6 is 0 Å². The number of aryl methyl sites for hydroxylation is 1. The Balaban J connectivity index is 1.44. The standard InChI is InChI=1S/C24H36O5/c1-23(12-13-23)10-6-3-2-4-8-18-16-20(26)22(28)19(21(18)27)9-5-7-11-24(14-15-24)29-17-25/h16-17,26-28H,2-15H2,1H3. The summed E-state index contributed by atoms with van der Waals surface area (Å²) in [6.07, 6.45) is 14.1. The van der Waals surface area contributed by atoms with Crippen LogP contribution in [-0.4, -0.2) is 27.4 Å². The lowest BCUT2D eigenvalue weighted by Gasteiger charge is -2.15. The van der Waals surface area contributed by atoms with Crippen molar-refractivity contribution in [3.05, 3.63) is 17.2 Å². The van der Waals surface area contributed by atoms with Crippen molar-refractivity contribution in [2.24, 2.45) is 5.41 Å². The number of phenols is 3. The molecule has 0 heterocycles. The van der Waals surface area contributed by atoms with Gasteiger partial charge in [-0.05, 0) is 87.7 Å². The molecule has 0 unspecified atom stereocenters. The van der Waals surface area contributed by atoms with Crippen LogP contribution in [0, 0.1) is 5.41 Å². The van der Waals surface area contributed by atoms with E-state index in [0.29, 0.717) is 35.9 Å². The molecule has 2 aliphatic rings. The maximum Gasteiger partial charge on any atom is 0.293 e. The molecule has 162 valence electrons. The number of carbonyl (C=O) groups is 1. The van der Waals surface area contributed by atoms with Gasteiger partial charge in [-0.2, -0.15) is 0 Å². The van der Waals surface area contributed by atoms with Crippen molar-refractivity contribution >= 4 is 6.47 Å². The van der Waals surface area contributed by atoms with Gasteiger partial charge in [0.05, 0.1) is 0 Å². The fourth-order valence-corrected chi connectivity index (χ4v) is 4.29. The Morgan fingerprint density at radius 1 is 0.897 bits per heavy atom. The summed E-state index contributed by atoms with van der Waals surface area (Å²) in [4.78, 5) is 10.6. The van der Waals surface area contributed by atoms with Crippen LogP contribution in [0.4, 0.5) is 0 Å². The van der Waals surface area contributed by atoms with Gasteiger partial charge in [0.1, 0.15) is 11.4 Å². The maximum atomic E-state index is 10.6. The molecule has 29 heavy (non-hydrogen) atoms. The lowest BCUT2D eigenvalue weighted by atomic mass is 9.96. The molecule has 0 atom stereocenters. The Morgan fingerprint density at radius 2 is 1.55 bits per heavy atom. The first-order chi connectivity index (χ1) is 13.9. The molecule has 2 saturated carbocycles. The van der Waals surface area contributed by atoms with E-state index >= 15 is 0 Å². The number of aromatic hydroxyl groups is 3. The first-order valence-corrected chi connectivity index (χ1v) is 11.3. The molecular weight excluding hydrogens is 368 g/mol. The van der Waals surface area contributed by atoms with Crippen LogP contribution in [0.2, 0.25) is 0 Å². The number of hydrogen-bond acceptors (Lipinski definition) is 5. The van der Waals surface area contributed by atoms with Gasteiger partial charge in [-0.1, -0.05) is 26.2 Å². The second kappa shape index (κ2) is 9.27. The number of ether oxygens (including phenoxy) is 1. The third-order valence-electron chi connectivity index (χ3n) is 6.92. The largest absolute Gasteiger partial charge is 0.507 e. The van der Waals surface area contributed by atoms with Crippen LogP contribution in [0.1, 0.15) is 95.1 Å². The van der Waals surface area contributed by atoms with E-state index in [4.69, 9.17) is 4.74 Å². The Labute approximate surface area is 174 Å². The Morgan fingerprint density at radius 3 is 2.21 bits per heavy atom. The highest BCUT2D eigenvalue weighted by Crippen LogP contribution is 2.49. The molecule has 0 spiro atoms. The van der Waals surface area contributed by atoms with Crippen molar-refractivity contribution < 1.29 is 24.9 Å². The number of benzene rings is 1. The fraction of sp³-hybridized carbons (Fsp3) is 0.708. The zero-order chi connectivity index (χ0) is 20.9. The van der Waals surface area contributed by atoms with E-state index in [1.165, 1.54) is 38.2 Å². The SMILES string of the molecule is CC1(CCCCCCc2cc(O)c(O)c(CCCCC3(OC=O)CC3)c2O)CC1. The van der Waals surface area contributed by atoms with Gasteiger partial charge in [0.2, 0.25) is 0 Å². The van der Waals surface area contributed by atoms with E-state index in [1.54, 1.807) is 0 Å². The summed E-state index contributed by atoms with van der Waals surface area (Å²) in [5.74, 6) is -0.248. The van der Waals surface area contributed by atoms with E-state index in [9.17, 15) is 20.1 Å². The van der Waals surface area contributed by atoms with Gasteiger partial charge in [0.15, 0.2) is 11.5 Å². The van der Waals surface area contributed by atoms with Crippen LogP contribution in [0.5, 0.6) is 17.2 Å². The second-order valence-electron chi connectivity index (χ2n) is 9.56. The molecule has 1 aromatic rings. The van der Waals surface area contributed by atoms with Gasteiger partial charge in [-0.3, -0.25) is 4.79 Å². The number of carbonyl (C=O) groups excluding carboxylic acids is 1. The molecular formula is C24H36O5. The van der Waals surface area contributed by atoms with Gasteiger partial charge in [-0.25, -0.2) is 0 Å². The molecule has 1 aromatic carbocycles. The molecule has 2 fully saturated rings. The van der Waals surface area contributed by atoms with Gasteiger partial charge < -0.3 is 20.1 Å². The van der Waals surface area contributed by atoms with E-state index < -0.39 is 0 Å². The highest BCUT2D eigenvalue weighted by atomic mass is 16.5. The molecule has 0 aromatic heterocycles. The molecule has 0 amide bonds. The highest BCUT2D eigenvalue weighted by Gasteiger charge is 2.44. The normalized spacial score (nSPS) is 18.4. The minimum absolute atomic E-state index is 0.121. The predicted octanol–water partition coefficient (Wildman–Crippen LogP) is 5.51. The molecule has 0 aliphatic heterocycles. The monoisotopic (exact) mass is 404 g/mol. The smallest absolute Gasteiger partial charge is 0.293 e. The van der Waals surface area contributed by atoms with E-state index in [1.807, 2.05) is 0 Å². The van der Waals surface area contributed by atoms with Crippen molar-refractivity contribution in [3.63, 3.8) is 0 Å². The van der Waals surface area contributed by atoms with E-state index in [0.717, 1.165) is 44.9 Å². The predicted molar refractivity (Wildman–Crippen MR) is 112 cm³/mol. The zero-order valence-electron chi connectivity index (χ0n) is 17.7. The number of rotatable bonds is 14. The molecule has 0 bridgehead atoms. The number of hydrogen-bond donors (Lipinski definition) is 3. The van der Waals surface area contributed by atoms with Gasteiger partial charge in [0, 0.05) is 5.56 Å².